The van der Waals surface area contributed by atoms with E-state index in [9.17, 15) is 9.59 Å². The van der Waals surface area contributed by atoms with E-state index in [0.29, 0.717) is 30.7 Å². The zero-order valence-corrected chi connectivity index (χ0v) is 16.8. The van der Waals surface area contributed by atoms with Crippen molar-refractivity contribution in [2.75, 3.05) is 13.7 Å². The van der Waals surface area contributed by atoms with E-state index in [1.54, 1.807) is 31.4 Å². The van der Waals surface area contributed by atoms with Gasteiger partial charge in [-0.1, -0.05) is 36.4 Å². The molecule has 1 aliphatic rings. The van der Waals surface area contributed by atoms with Crippen LogP contribution in [0.25, 0.3) is 0 Å². The van der Waals surface area contributed by atoms with Crippen molar-refractivity contribution >= 4 is 11.8 Å². The molecule has 0 unspecified atom stereocenters. The van der Waals surface area contributed by atoms with Gasteiger partial charge in [-0.25, -0.2) is 0 Å². The number of methoxy groups -OCH3 is 1. The van der Waals surface area contributed by atoms with Crippen molar-refractivity contribution in [2.24, 2.45) is 0 Å². The highest BCUT2D eigenvalue weighted by atomic mass is 16.5. The highest BCUT2D eigenvalue weighted by Gasteiger charge is 2.34. The van der Waals surface area contributed by atoms with Crippen LogP contribution in [0.1, 0.15) is 38.3 Å². The Kier molecular flexibility index (Phi) is 5.80. The molecule has 4 rings (SSSR count). The number of ether oxygens (including phenoxy) is 2. The number of nitrogens with zero attached hydrogens (tertiary/aromatic N) is 1. The normalized spacial score (nSPS) is 12.8. The third-order valence-electron chi connectivity index (χ3n) is 5.19. The van der Waals surface area contributed by atoms with E-state index in [1.165, 1.54) is 4.90 Å². The first-order valence-corrected chi connectivity index (χ1v) is 9.95. The van der Waals surface area contributed by atoms with E-state index in [0.717, 1.165) is 29.0 Å². The number of imide groups is 1. The molecule has 0 N–H and O–H groups in total. The highest BCUT2D eigenvalue weighted by molar-refractivity contribution is 6.21. The molecule has 0 saturated carbocycles. The minimum atomic E-state index is -0.202. The number of aryl methyl sites for hydroxylation is 1. The van der Waals surface area contributed by atoms with Crippen molar-refractivity contribution < 1.29 is 19.1 Å². The lowest BCUT2D eigenvalue weighted by atomic mass is 10.1. The number of rotatable bonds is 8. The zero-order valence-electron chi connectivity index (χ0n) is 16.8. The zero-order chi connectivity index (χ0) is 20.9. The van der Waals surface area contributed by atoms with Gasteiger partial charge in [-0.2, -0.15) is 0 Å². The Balaban J connectivity index is 1.30. The fraction of sp³-hybridized carbons (Fsp3) is 0.200. The number of benzene rings is 3. The summed E-state index contributed by atoms with van der Waals surface area (Å²) in [4.78, 5) is 26.2. The standard InChI is InChI=1S/C25H23NO4/c1-29-20-13-11-19(12-14-20)17-30-21-8-4-6-18(16-21)7-5-15-26-24(27)22-9-2-3-10-23(22)25(26)28/h2-4,6,8-14,16H,5,7,15,17H2,1H3. The summed E-state index contributed by atoms with van der Waals surface area (Å²) in [6, 6.07) is 22.7. The highest BCUT2D eigenvalue weighted by Crippen LogP contribution is 2.23. The fourth-order valence-corrected chi connectivity index (χ4v) is 3.56. The van der Waals surface area contributed by atoms with Gasteiger partial charge in [-0.3, -0.25) is 14.5 Å². The fourth-order valence-electron chi connectivity index (χ4n) is 3.56. The SMILES string of the molecule is COc1ccc(COc2cccc(CCCN3C(=O)c4ccccc4C3=O)c2)cc1. The molecule has 0 saturated heterocycles. The summed E-state index contributed by atoms with van der Waals surface area (Å²) < 4.78 is 11.1. The molecule has 0 spiro atoms. The third kappa shape index (κ3) is 4.20. The topological polar surface area (TPSA) is 55.8 Å². The molecule has 0 radical (unpaired) electrons. The molecular weight excluding hydrogens is 378 g/mol. The van der Waals surface area contributed by atoms with Crippen molar-refractivity contribution in [2.45, 2.75) is 19.4 Å². The summed E-state index contributed by atoms with van der Waals surface area (Å²) in [7, 11) is 1.64. The maximum absolute atomic E-state index is 12.4. The maximum atomic E-state index is 12.4. The number of carbonyl (C=O) groups excluding carboxylic acids is 2. The average molecular weight is 401 g/mol. The monoisotopic (exact) mass is 401 g/mol. The Bertz CT molecular complexity index is 1020. The van der Waals surface area contributed by atoms with Gasteiger partial charge in [0.15, 0.2) is 0 Å². The van der Waals surface area contributed by atoms with Gasteiger partial charge in [0.1, 0.15) is 18.1 Å². The van der Waals surface area contributed by atoms with Crippen molar-refractivity contribution in [3.8, 4) is 11.5 Å². The second kappa shape index (κ2) is 8.82. The molecule has 0 bridgehead atoms. The largest absolute Gasteiger partial charge is 0.497 e. The molecule has 2 amide bonds. The van der Waals surface area contributed by atoms with Crippen LogP contribution in [0.2, 0.25) is 0 Å². The molecule has 1 heterocycles. The second-order valence-electron chi connectivity index (χ2n) is 7.20. The lowest BCUT2D eigenvalue weighted by Gasteiger charge is -2.14. The smallest absolute Gasteiger partial charge is 0.261 e. The molecule has 5 nitrogen and oxygen atoms in total. The van der Waals surface area contributed by atoms with Gasteiger partial charge < -0.3 is 9.47 Å². The van der Waals surface area contributed by atoms with Crippen LogP contribution >= 0.6 is 0 Å². The molecule has 3 aromatic rings. The summed E-state index contributed by atoms with van der Waals surface area (Å²) in [6.45, 7) is 0.881. The van der Waals surface area contributed by atoms with Gasteiger partial charge in [-0.15, -0.1) is 0 Å². The quantitative estimate of drug-likeness (QED) is 0.522. The van der Waals surface area contributed by atoms with Crippen LogP contribution in [0, 0.1) is 0 Å². The molecule has 5 heteroatoms. The lowest BCUT2D eigenvalue weighted by molar-refractivity contribution is 0.0652. The predicted molar refractivity (Wildman–Crippen MR) is 114 cm³/mol. The Morgan fingerprint density at radius 2 is 1.47 bits per heavy atom. The molecule has 0 atom stereocenters. The van der Waals surface area contributed by atoms with Crippen LogP contribution in [0.4, 0.5) is 0 Å². The van der Waals surface area contributed by atoms with Gasteiger partial charge in [0.05, 0.1) is 18.2 Å². The van der Waals surface area contributed by atoms with E-state index < -0.39 is 0 Å². The average Bonchev–Trinajstić information content (AvgIpc) is 3.03. The Morgan fingerprint density at radius 1 is 0.767 bits per heavy atom. The molecule has 0 aromatic heterocycles. The first-order chi connectivity index (χ1) is 14.7. The van der Waals surface area contributed by atoms with Gasteiger partial charge in [0.25, 0.3) is 11.8 Å². The molecule has 3 aromatic carbocycles. The first-order valence-electron chi connectivity index (χ1n) is 9.95. The van der Waals surface area contributed by atoms with Crippen molar-refractivity contribution in [3.63, 3.8) is 0 Å². The Labute approximate surface area is 175 Å². The van der Waals surface area contributed by atoms with E-state index in [4.69, 9.17) is 9.47 Å². The van der Waals surface area contributed by atoms with Crippen LogP contribution in [0.15, 0.2) is 72.8 Å². The van der Waals surface area contributed by atoms with Crippen molar-refractivity contribution in [3.05, 3.63) is 95.1 Å². The van der Waals surface area contributed by atoms with Gasteiger partial charge >= 0.3 is 0 Å². The summed E-state index contributed by atoms with van der Waals surface area (Å²) in [5.74, 6) is 1.21. The van der Waals surface area contributed by atoms with Crippen molar-refractivity contribution in [1.29, 1.82) is 0 Å². The van der Waals surface area contributed by atoms with Crippen LogP contribution in [-0.4, -0.2) is 30.4 Å². The number of fused-ring (bicyclic) bond motifs is 1. The molecule has 0 fully saturated rings. The minimum Gasteiger partial charge on any atom is -0.497 e. The third-order valence-corrected chi connectivity index (χ3v) is 5.19. The summed E-state index contributed by atoms with van der Waals surface area (Å²) in [5, 5.41) is 0. The maximum Gasteiger partial charge on any atom is 0.261 e. The van der Waals surface area contributed by atoms with E-state index in [-0.39, 0.29) is 11.8 Å². The Morgan fingerprint density at radius 3 is 2.13 bits per heavy atom. The summed E-state index contributed by atoms with van der Waals surface area (Å²) in [5.41, 5.74) is 3.17. The number of hydrogen-bond donors (Lipinski definition) is 0. The molecule has 30 heavy (non-hydrogen) atoms. The molecular formula is C25H23NO4. The number of carbonyl (C=O) groups is 2. The van der Waals surface area contributed by atoms with Gasteiger partial charge in [0.2, 0.25) is 0 Å². The van der Waals surface area contributed by atoms with Crippen LogP contribution in [0.5, 0.6) is 11.5 Å². The number of amides is 2. The molecule has 152 valence electrons. The van der Waals surface area contributed by atoms with E-state index >= 15 is 0 Å². The molecule has 1 aliphatic heterocycles. The predicted octanol–water partition coefficient (Wildman–Crippen LogP) is 4.50. The summed E-state index contributed by atoms with van der Waals surface area (Å²) in [6.07, 6.45) is 1.46. The van der Waals surface area contributed by atoms with Crippen LogP contribution in [0.3, 0.4) is 0 Å². The van der Waals surface area contributed by atoms with Crippen molar-refractivity contribution in [1.82, 2.24) is 4.90 Å². The minimum absolute atomic E-state index is 0.202. The number of hydrogen-bond acceptors (Lipinski definition) is 4. The summed E-state index contributed by atoms with van der Waals surface area (Å²) >= 11 is 0. The van der Waals surface area contributed by atoms with E-state index in [1.807, 2.05) is 48.5 Å². The molecule has 0 aliphatic carbocycles. The van der Waals surface area contributed by atoms with Gasteiger partial charge in [-0.05, 0) is 60.4 Å². The second-order valence-corrected chi connectivity index (χ2v) is 7.20. The first kappa shape index (κ1) is 19.7. The van der Waals surface area contributed by atoms with E-state index in [2.05, 4.69) is 0 Å². The van der Waals surface area contributed by atoms with Crippen LogP contribution < -0.4 is 9.47 Å². The van der Waals surface area contributed by atoms with Gasteiger partial charge in [0, 0.05) is 6.54 Å². The Hall–Kier alpha value is -3.60. The van der Waals surface area contributed by atoms with Crippen LogP contribution in [-0.2, 0) is 13.0 Å². The lowest BCUT2D eigenvalue weighted by Crippen LogP contribution is -2.30.